The van der Waals surface area contributed by atoms with Crippen LogP contribution in [0.1, 0.15) is 59.2 Å². The van der Waals surface area contributed by atoms with Crippen molar-refractivity contribution in [3.8, 4) is 0 Å². The van der Waals surface area contributed by atoms with Crippen molar-refractivity contribution in [3.63, 3.8) is 0 Å². The summed E-state index contributed by atoms with van der Waals surface area (Å²) >= 11 is 0. The van der Waals surface area contributed by atoms with Crippen LogP contribution in [0.5, 0.6) is 0 Å². The van der Waals surface area contributed by atoms with Gasteiger partial charge in [0.15, 0.2) is 0 Å². The summed E-state index contributed by atoms with van der Waals surface area (Å²) < 4.78 is 0. The molecule has 0 N–H and O–H groups in total. The Hall–Kier alpha value is -1.91. The minimum absolute atomic E-state index is 0.00415. The van der Waals surface area contributed by atoms with E-state index in [0.717, 1.165) is 51.9 Å². The van der Waals surface area contributed by atoms with E-state index in [1.165, 1.54) is 12.8 Å². The number of hydrogen-bond donors (Lipinski definition) is 0. The summed E-state index contributed by atoms with van der Waals surface area (Å²) in [5, 5.41) is 0. The van der Waals surface area contributed by atoms with Crippen LogP contribution in [0.2, 0.25) is 0 Å². The summed E-state index contributed by atoms with van der Waals surface area (Å²) in [6.45, 7) is 3.23. The van der Waals surface area contributed by atoms with Gasteiger partial charge in [-0.15, -0.1) is 0 Å². The molecule has 0 spiro atoms. The number of nitrogens with zero attached hydrogens (tertiary/aromatic N) is 3. The van der Waals surface area contributed by atoms with E-state index in [-0.39, 0.29) is 11.8 Å². The number of aromatic nitrogens is 1. The highest BCUT2D eigenvalue weighted by Gasteiger charge is 2.22. The molecule has 0 saturated carbocycles. The van der Waals surface area contributed by atoms with Crippen molar-refractivity contribution in [2.75, 3.05) is 26.2 Å². The second kappa shape index (κ2) is 6.90. The number of hydrogen-bond acceptors (Lipinski definition) is 3. The van der Waals surface area contributed by atoms with Crippen molar-refractivity contribution in [1.82, 2.24) is 14.8 Å². The molecule has 2 fully saturated rings. The molecule has 118 valence electrons. The smallest absolute Gasteiger partial charge is 0.255 e. The Labute approximate surface area is 131 Å². The van der Waals surface area contributed by atoms with Gasteiger partial charge in [-0.05, 0) is 31.7 Å². The van der Waals surface area contributed by atoms with Crippen LogP contribution >= 0.6 is 0 Å². The molecule has 1 aromatic heterocycles. The van der Waals surface area contributed by atoms with Crippen LogP contribution in [-0.2, 0) is 0 Å². The number of carbonyl (C=O) groups is 2. The fourth-order valence-electron chi connectivity index (χ4n) is 3.23. The average Bonchev–Trinajstić information content (AvgIpc) is 2.96. The predicted molar refractivity (Wildman–Crippen MR) is 83.7 cm³/mol. The fraction of sp³-hybridized carbons (Fsp3) is 0.588. The molecule has 2 aliphatic rings. The molecule has 2 amide bonds. The van der Waals surface area contributed by atoms with Crippen molar-refractivity contribution in [1.29, 1.82) is 0 Å². The molecule has 5 heteroatoms. The van der Waals surface area contributed by atoms with Crippen LogP contribution in [0.15, 0.2) is 18.5 Å². The van der Waals surface area contributed by atoms with Gasteiger partial charge in [-0.1, -0.05) is 12.8 Å². The van der Waals surface area contributed by atoms with Crippen LogP contribution < -0.4 is 0 Å². The Balaban J connectivity index is 1.75. The number of carbonyl (C=O) groups excluding carboxylic acids is 2. The van der Waals surface area contributed by atoms with Crippen LogP contribution in [-0.4, -0.2) is 52.8 Å². The first kappa shape index (κ1) is 15.0. The van der Waals surface area contributed by atoms with Crippen LogP contribution in [0.3, 0.4) is 0 Å². The van der Waals surface area contributed by atoms with E-state index in [1.807, 2.05) is 9.80 Å². The molecule has 0 aliphatic carbocycles. The molecule has 1 aromatic rings. The van der Waals surface area contributed by atoms with Gasteiger partial charge in [0.1, 0.15) is 0 Å². The lowest BCUT2D eigenvalue weighted by Crippen LogP contribution is -2.32. The molecule has 22 heavy (non-hydrogen) atoms. The normalized spacial score (nSPS) is 19.1. The standard InChI is InChI=1S/C17H23N3O2/c21-16(19-7-3-1-2-4-8-19)14-11-15(13-18-12-14)17(22)20-9-5-6-10-20/h11-13H,1-10H2. The molecular formula is C17H23N3O2. The molecule has 3 heterocycles. The molecule has 0 bridgehead atoms. The zero-order chi connectivity index (χ0) is 15.4. The molecule has 0 radical (unpaired) electrons. The summed E-state index contributed by atoms with van der Waals surface area (Å²) in [6.07, 6.45) is 9.77. The van der Waals surface area contributed by atoms with E-state index >= 15 is 0 Å². The van der Waals surface area contributed by atoms with Gasteiger partial charge in [0.25, 0.3) is 11.8 Å². The van der Waals surface area contributed by atoms with Crippen molar-refractivity contribution < 1.29 is 9.59 Å². The monoisotopic (exact) mass is 301 g/mol. The third-order valence-electron chi connectivity index (χ3n) is 4.52. The summed E-state index contributed by atoms with van der Waals surface area (Å²) in [7, 11) is 0. The van der Waals surface area contributed by atoms with Crippen LogP contribution in [0.25, 0.3) is 0 Å². The zero-order valence-corrected chi connectivity index (χ0v) is 13.0. The first-order chi connectivity index (χ1) is 10.8. The van der Waals surface area contributed by atoms with Crippen molar-refractivity contribution >= 4 is 11.8 Å². The van der Waals surface area contributed by atoms with Gasteiger partial charge in [-0.2, -0.15) is 0 Å². The quantitative estimate of drug-likeness (QED) is 0.842. The van der Waals surface area contributed by atoms with Crippen molar-refractivity contribution in [3.05, 3.63) is 29.6 Å². The maximum atomic E-state index is 12.6. The molecule has 5 nitrogen and oxygen atoms in total. The van der Waals surface area contributed by atoms with E-state index < -0.39 is 0 Å². The first-order valence-electron chi connectivity index (χ1n) is 8.29. The third-order valence-corrected chi connectivity index (χ3v) is 4.52. The SMILES string of the molecule is O=C(c1cncc(C(=O)N2CCCC2)c1)N1CCCCCC1. The number of rotatable bonds is 2. The van der Waals surface area contributed by atoms with E-state index in [0.29, 0.717) is 11.1 Å². The Morgan fingerprint density at radius 1 is 0.727 bits per heavy atom. The maximum absolute atomic E-state index is 12.6. The summed E-state index contributed by atoms with van der Waals surface area (Å²) in [5.74, 6) is 0.000915. The summed E-state index contributed by atoms with van der Waals surface area (Å²) in [4.78, 5) is 32.9. The van der Waals surface area contributed by atoms with E-state index in [9.17, 15) is 9.59 Å². The Morgan fingerprint density at radius 3 is 1.59 bits per heavy atom. The predicted octanol–water partition coefficient (Wildman–Crippen LogP) is 2.33. The minimum atomic E-state index is -0.00415. The van der Waals surface area contributed by atoms with Gasteiger partial charge >= 0.3 is 0 Å². The highest BCUT2D eigenvalue weighted by molar-refractivity contribution is 5.99. The van der Waals surface area contributed by atoms with Crippen molar-refractivity contribution in [2.24, 2.45) is 0 Å². The first-order valence-corrected chi connectivity index (χ1v) is 8.29. The molecule has 2 aliphatic heterocycles. The minimum Gasteiger partial charge on any atom is -0.339 e. The molecular weight excluding hydrogens is 278 g/mol. The van der Waals surface area contributed by atoms with E-state index in [1.54, 1.807) is 18.5 Å². The van der Waals surface area contributed by atoms with Crippen LogP contribution in [0.4, 0.5) is 0 Å². The van der Waals surface area contributed by atoms with Gasteiger partial charge in [0, 0.05) is 38.6 Å². The van der Waals surface area contributed by atoms with Gasteiger partial charge in [0.2, 0.25) is 0 Å². The fourth-order valence-corrected chi connectivity index (χ4v) is 3.23. The average molecular weight is 301 g/mol. The van der Waals surface area contributed by atoms with E-state index in [4.69, 9.17) is 0 Å². The van der Waals surface area contributed by atoms with Gasteiger partial charge in [-0.3, -0.25) is 14.6 Å². The zero-order valence-electron chi connectivity index (χ0n) is 13.0. The third kappa shape index (κ3) is 3.29. The number of pyridine rings is 1. The van der Waals surface area contributed by atoms with E-state index in [2.05, 4.69) is 4.98 Å². The molecule has 0 atom stereocenters. The largest absolute Gasteiger partial charge is 0.339 e. The highest BCUT2D eigenvalue weighted by Crippen LogP contribution is 2.16. The molecule has 3 rings (SSSR count). The summed E-state index contributed by atoms with van der Waals surface area (Å²) in [6, 6.07) is 1.71. The molecule has 0 unspecified atom stereocenters. The van der Waals surface area contributed by atoms with Crippen molar-refractivity contribution in [2.45, 2.75) is 38.5 Å². The van der Waals surface area contributed by atoms with Gasteiger partial charge < -0.3 is 9.80 Å². The highest BCUT2D eigenvalue weighted by atomic mass is 16.2. The molecule has 2 saturated heterocycles. The van der Waals surface area contributed by atoms with Crippen LogP contribution in [0, 0.1) is 0 Å². The lowest BCUT2D eigenvalue weighted by molar-refractivity contribution is 0.0761. The summed E-state index contributed by atoms with van der Waals surface area (Å²) in [5.41, 5.74) is 1.06. The molecule has 0 aromatic carbocycles. The number of likely N-dealkylation sites (tertiary alicyclic amines) is 2. The number of amides is 2. The Kier molecular flexibility index (Phi) is 4.71. The Morgan fingerprint density at radius 2 is 1.14 bits per heavy atom. The van der Waals surface area contributed by atoms with Gasteiger partial charge in [0.05, 0.1) is 11.1 Å². The lowest BCUT2D eigenvalue weighted by atomic mass is 10.1. The maximum Gasteiger partial charge on any atom is 0.255 e. The second-order valence-corrected chi connectivity index (χ2v) is 6.17. The lowest BCUT2D eigenvalue weighted by Gasteiger charge is -2.20. The topological polar surface area (TPSA) is 53.5 Å². The Bertz CT molecular complexity index is 545. The second-order valence-electron chi connectivity index (χ2n) is 6.17. The van der Waals surface area contributed by atoms with Gasteiger partial charge in [-0.25, -0.2) is 0 Å².